The third kappa shape index (κ3) is 2.93. The number of nitrogens with one attached hydrogen (secondary N) is 1. The Bertz CT molecular complexity index is 559. The van der Waals surface area contributed by atoms with E-state index < -0.39 is 0 Å². The molecule has 0 aliphatic carbocycles. The summed E-state index contributed by atoms with van der Waals surface area (Å²) in [4.78, 5) is 2.08. The van der Waals surface area contributed by atoms with Crippen LogP contribution in [0.4, 0.5) is 10.1 Å². The van der Waals surface area contributed by atoms with E-state index in [9.17, 15) is 4.39 Å². The predicted molar refractivity (Wildman–Crippen MR) is 79.8 cm³/mol. The Balaban J connectivity index is 0.000000704. The number of halogens is 1. The maximum Gasteiger partial charge on any atom is 0.170 e. The van der Waals surface area contributed by atoms with Gasteiger partial charge in [-0.1, -0.05) is 19.0 Å². The summed E-state index contributed by atoms with van der Waals surface area (Å²) in [7, 11) is 0. The molecule has 4 nitrogen and oxygen atoms in total. The van der Waals surface area contributed by atoms with Crippen LogP contribution in [0, 0.1) is 12.7 Å². The molecule has 0 spiro atoms. The zero-order chi connectivity index (χ0) is 14.5. The Morgan fingerprint density at radius 2 is 2.05 bits per heavy atom. The fourth-order valence-electron chi connectivity index (χ4n) is 2.40. The van der Waals surface area contributed by atoms with Crippen molar-refractivity contribution >= 4 is 16.7 Å². The summed E-state index contributed by atoms with van der Waals surface area (Å²) in [5, 5.41) is 8.08. The molecule has 1 aliphatic rings. The highest BCUT2D eigenvalue weighted by molar-refractivity contribution is 5.83. The van der Waals surface area contributed by atoms with Crippen molar-refractivity contribution in [1.82, 2.24) is 10.5 Å². The van der Waals surface area contributed by atoms with Gasteiger partial charge < -0.3 is 14.7 Å². The van der Waals surface area contributed by atoms with E-state index in [2.05, 4.69) is 15.4 Å². The fraction of sp³-hybridized carbons (Fsp3) is 0.533. The van der Waals surface area contributed by atoms with E-state index in [1.54, 1.807) is 0 Å². The molecule has 5 heteroatoms. The quantitative estimate of drug-likeness (QED) is 0.871. The van der Waals surface area contributed by atoms with Gasteiger partial charge in [0.2, 0.25) is 0 Å². The van der Waals surface area contributed by atoms with Gasteiger partial charge in [-0.2, -0.15) is 0 Å². The van der Waals surface area contributed by atoms with Crippen molar-refractivity contribution in [3.8, 4) is 0 Å². The van der Waals surface area contributed by atoms with Gasteiger partial charge in [0, 0.05) is 31.1 Å². The minimum atomic E-state index is -0.236. The third-order valence-electron chi connectivity index (χ3n) is 3.40. The van der Waals surface area contributed by atoms with Crippen LogP contribution in [0.25, 0.3) is 11.0 Å². The molecule has 0 bridgehead atoms. The first-order valence-electron chi connectivity index (χ1n) is 7.27. The summed E-state index contributed by atoms with van der Waals surface area (Å²) in [6.45, 7) is 9.46. The number of hydrogen-bond donors (Lipinski definition) is 1. The van der Waals surface area contributed by atoms with Crippen molar-refractivity contribution in [2.75, 3.05) is 31.1 Å². The van der Waals surface area contributed by atoms with Crippen molar-refractivity contribution in [1.29, 1.82) is 0 Å². The fourth-order valence-corrected chi connectivity index (χ4v) is 2.40. The Morgan fingerprint density at radius 1 is 1.25 bits per heavy atom. The summed E-state index contributed by atoms with van der Waals surface area (Å²) < 4.78 is 19.2. The summed E-state index contributed by atoms with van der Waals surface area (Å²) >= 11 is 0. The number of anilines is 1. The van der Waals surface area contributed by atoms with Gasteiger partial charge in [0.05, 0.1) is 11.4 Å². The number of aryl methyl sites for hydroxylation is 1. The molecule has 1 aromatic carbocycles. The minimum Gasteiger partial charge on any atom is -0.368 e. The Kier molecular flexibility index (Phi) is 4.95. The van der Waals surface area contributed by atoms with E-state index in [0.29, 0.717) is 11.3 Å². The Labute approximate surface area is 118 Å². The molecule has 0 unspecified atom stereocenters. The number of fused-ring (bicyclic) bond motifs is 1. The van der Waals surface area contributed by atoms with Crippen LogP contribution < -0.4 is 10.2 Å². The van der Waals surface area contributed by atoms with Crippen LogP contribution in [0.5, 0.6) is 0 Å². The maximum absolute atomic E-state index is 14.1. The molecule has 0 saturated carbocycles. The molecule has 1 N–H and O–H groups in total. The average Bonchev–Trinajstić information content (AvgIpc) is 2.70. The highest BCUT2D eigenvalue weighted by Gasteiger charge is 2.16. The molecule has 2 heterocycles. The monoisotopic (exact) mass is 279 g/mol. The third-order valence-corrected chi connectivity index (χ3v) is 3.40. The van der Waals surface area contributed by atoms with E-state index in [0.717, 1.165) is 43.7 Å². The van der Waals surface area contributed by atoms with E-state index in [1.165, 1.54) is 6.07 Å². The normalized spacial score (nSPS) is 15.7. The number of hydrogen-bond acceptors (Lipinski definition) is 4. The lowest BCUT2D eigenvalue weighted by atomic mass is 10.1. The van der Waals surface area contributed by atoms with Crippen LogP contribution in [0.2, 0.25) is 0 Å². The number of aromatic nitrogens is 1. The smallest absolute Gasteiger partial charge is 0.170 e. The molecular weight excluding hydrogens is 257 g/mol. The molecule has 2 aromatic rings. The standard InChI is InChI=1S/C13H16FN3O.C2H6/c1-9-10-7-12(11(14)8-13(10)18-16-9)17-5-2-3-15-4-6-17;1-2/h7-8,15H,2-6H2,1H3;1-2H3. The van der Waals surface area contributed by atoms with Gasteiger partial charge in [-0.05, 0) is 26.0 Å². The minimum absolute atomic E-state index is 0.236. The Morgan fingerprint density at radius 3 is 2.85 bits per heavy atom. The first kappa shape index (κ1) is 14.8. The molecule has 0 amide bonds. The van der Waals surface area contributed by atoms with Crippen LogP contribution in [0.1, 0.15) is 26.0 Å². The molecule has 3 rings (SSSR count). The van der Waals surface area contributed by atoms with Crippen LogP contribution >= 0.6 is 0 Å². The SMILES string of the molecule is CC.Cc1noc2cc(F)c(N3CCCNCC3)cc12. The van der Waals surface area contributed by atoms with Gasteiger partial charge in [-0.15, -0.1) is 0 Å². The van der Waals surface area contributed by atoms with Crippen LogP contribution in [0.3, 0.4) is 0 Å². The molecule has 0 radical (unpaired) electrons. The number of benzene rings is 1. The number of rotatable bonds is 1. The van der Waals surface area contributed by atoms with Gasteiger partial charge >= 0.3 is 0 Å². The highest BCUT2D eigenvalue weighted by atomic mass is 19.1. The van der Waals surface area contributed by atoms with E-state index in [-0.39, 0.29) is 5.82 Å². The topological polar surface area (TPSA) is 41.3 Å². The molecule has 0 atom stereocenters. The van der Waals surface area contributed by atoms with Gasteiger partial charge in [0.15, 0.2) is 5.58 Å². The van der Waals surface area contributed by atoms with Crippen molar-refractivity contribution < 1.29 is 8.91 Å². The van der Waals surface area contributed by atoms with Gasteiger partial charge in [0.1, 0.15) is 5.82 Å². The Hall–Kier alpha value is -1.62. The maximum atomic E-state index is 14.1. The molecule has 20 heavy (non-hydrogen) atoms. The van der Waals surface area contributed by atoms with Crippen LogP contribution in [-0.4, -0.2) is 31.3 Å². The van der Waals surface area contributed by atoms with E-state index >= 15 is 0 Å². The second-order valence-corrected chi connectivity index (χ2v) is 4.66. The summed E-state index contributed by atoms with van der Waals surface area (Å²) in [5.74, 6) is -0.236. The number of nitrogens with zero attached hydrogens (tertiary/aromatic N) is 2. The summed E-state index contributed by atoms with van der Waals surface area (Å²) in [5.41, 5.74) is 1.97. The van der Waals surface area contributed by atoms with Crippen molar-refractivity contribution in [3.05, 3.63) is 23.6 Å². The molecule has 1 fully saturated rings. The lowest BCUT2D eigenvalue weighted by Gasteiger charge is -2.22. The average molecular weight is 279 g/mol. The van der Waals surface area contributed by atoms with Crippen LogP contribution in [0.15, 0.2) is 16.7 Å². The zero-order valence-corrected chi connectivity index (χ0v) is 12.4. The lowest BCUT2D eigenvalue weighted by Crippen LogP contribution is -2.28. The van der Waals surface area contributed by atoms with Gasteiger partial charge in [-0.3, -0.25) is 0 Å². The molecule has 1 aromatic heterocycles. The largest absolute Gasteiger partial charge is 0.368 e. The van der Waals surface area contributed by atoms with Gasteiger partial charge in [0.25, 0.3) is 0 Å². The molecule has 1 saturated heterocycles. The molecular formula is C15H22FN3O. The van der Waals surface area contributed by atoms with Crippen molar-refractivity contribution in [2.24, 2.45) is 0 Å². The first-order chi connectivity index (χ1) is 9.75. The second kappa shape index (κ2) is 6.70. The van der Waals surface area contributed by atoms with E-state index in [4.69, 9.17) is 4.52 Å². The molecule has 110 valence electrons. The van der Waals surface area contributed by atoms with Crippen molar-refractivity contribution in [2.45, 2.75) is 27.2 Å². The van der Waals surface area contributed by atoms with E-state index in [1.807, 2.05) is 26.8 Å². The second-order valence-electron chi connectivity index (χ2n) is 4.66. The van der Waals surface area contributed by atoms with Gasteiger partial charge in [-0.25, -0.2) is 4.39 Å². The summed E-state index contributed by atoms with van der Waals surface area (Å²) in [6, 6.07) is 3.28. The summed E-state index contributed by atoms with van der Waals surface area (Å²) in [6.07, 6.45) is 1.03. The van der Waals surface area contributed by atoms with Crippen LogP contribution in [-0.2, 0) is 0 Å². The predicted octanol–water partition coefficient (Wildman–Crippen LogP) is 3.10. The highest BCUT2D eigenvalue weighted by Crippen LogP contribution is 2.28. The molecule has 1 aliphatic heterocycles. The lowest BCUT2D eigenvalue weighted by molar-refractivity contribution is 0.448. The van der Waals surface area contributed by atoms with Crippen molar-refractivity contribution in [3.63, 3.8) is 0 Å². The zero-order valence-electron chi connectivity index (χ0n) is 12.4. The first-order valence-corrected chi connectivity index (χ1v) is 7.27.